The van der Waals surface area contributed by atoms with Crippen molar-refractivity contribution in [3.8, 4) is 11.1 Å². The Kier molecular flexibility index (Phi) is 8.90. The Hall–Kier alpha value is -4.39. The van der Waals surface area contributed by atoms with Crippen LogP contribution in [0.2, 0.25) is 0 Å². The minimum absolute atomic E-state index is 0.0930. The Balaban J connectivity index is 1.64. The molecule has 1 amide bonds. The number of benzene rings is 3. The summed E-state index contributed by atoms with van der Waals surface area (Å²) in [7, 11) is 3.80. The Bertz CT molecular complexity index is 1590. The molecule has 4 aromatic rings. The smallest absolute Gasteiger partial charge is 0.383 e. The van der Waals surface area contributed by atoms with Gasteiger partial charge in [0, 0.05) is 23.7 Å². The number of hydrogen-bond donors (Lipinski definition) is 3. The molecule has 0 unspecified atom stereocenters. The first-order chi connectivity index (χ1) is 19.8. The van der Waals surface area contributed by atoms with E-state index in [2.05, 4.69) is 20.6 Å². The Morgan fingerprint density at radius 1 is 0.929 bits per heavy atom. The van der Waals surface area contributed by atoms with Crippen LogP contribution in [0.3, 0.4) is 0 Å². The highest BCUT2D eigenvalue weighted by atomic mass is 19.4. The first-order valence-electron chi connectivity index (χ1n) is 12.9. The van der Waals surface area contributed by atoms with Crippen molar-refractivity contribution in [1.82, 2.24) is 14.9 Å². The molecule has 0 aliphatic carbocycles. The van der Waals surface area contributed by atoms with Gasteiger partial charge in [0.2, 0.25) is 5.95 Å². The number of carbonyl (C=O) groups excluding carboxylic acids is 1. The van der Waals surface area contributed by atoms with Crippen LogP contribution in [0.15, 0.2) is 60.8 Å². The summed E-state index contributed by atoms with van der Waals surface area (Å²) < 4.78 is 82.4. The van der Waals surface area contributed by atoms with Crippen molar-refractivity contribution in [2.24, 2.45) is 0 Å². The van der Waals surface area contributed by atoms with E-state index in [-0.39, 0.29) is 17.3 Å². The zero-order chi connectivity index (χ0) is 30.7. The number of nitrogen functional groups attached to an aromatic ring is 1. The van der Waals surface area contributed by atoms with Crippen molar-refractivity contribution >= 4 is 34.1 Å². The van der Waals surface area contributed by atoms with E-state index < -0.39 is 35.0 Å². The molecular formula is C29H28F6N6O. The van der Waals surface area contributed by atoms with E-state index in [9.17, 15) is 31.1 Å². The van der Waals surface area contributed by atoms with Gasteiger partial charge in [0.25, 0.3) is 5.91 Å². The van der Waals surface area contributed by atoms with Crippen LogP contribution in [-0.2, 0) is 5.92 Å². The summed E-state index contributed by atoms with van der Waals surface area (Å²) in [5, 5.41) is 5.92. The number of carbonyl (C=O) groups is 1. The molecule has 3 aromatic carbocycles. The lowest BCUT2D eigenvalue weighted by atomic mass is 10.0. The molecule has 222 valence electrons. The molecule has 0 spiro atoms. The van der Waals surface area contributed by atoms with Crippen LogP contribution in [0.5, 0.6) is 0 Å². The second-order valence-electron chi connectivity index (χ2n) is 9.92. The van der Waals surface area contributed by atoms with Gasteiger partial charge in [-0.3, -0.25) is 4.79 Å². The van der Waals surface area contributed by atoms with Gasteiger partial charge < -0.3 is 21.3 Å². The van der Waals surface area contributed by atoms with Crippen molar-refractivity contribution in [2.45, 2.75) is 24.9 Å². The van der Waals surface area contributed by atoms with Gasteiger partial charge in [0.05, 0.1) is 22.5 Å². The van der Waals surface area contributed by atoms with E-state index in [1.54, 1.807) is 18.2 Å². The largest absolute Gasteiger partial charge is 0.458 e. The molecule has 7 nitrogen and oxygen atoms in total. The van der Waals surface area contributed by atoms with Gasteiger partial charge in [-0.2, -0.15) is 22.0 Å². The SMILES string of the molecule is CN(C)CCCCNc1ccc(C(F)(F)C(F)(F)F)cc1NC(=O)c1cc(-c2ccc3nc(N)ncc3c2)ccc1F. The standard InChI is InChI=1S/C29H28F6N6O/c1-41(2)12-4-3-11-37-24-10-7-20(28(31,32)29(33,34)35)15-25(24)39-26(42)21-14-18(5-8-22(21)30)17-6-9-23-19(13-17)16-38-27(36)40-23/h5-10,13-16,37H,3-4,11-12H2,1-2H3,(H,39,42)(H2,36,38,40). The second-order valence-corrected chi connectivity index (χ2v) is 9.92. The van der Waals surface area contributed by atoms with E-state index in [0.29, 0.717) is 47.1 Å². The number of alkyl halides is 5. The number of anilines is 3. The molecule has 42 heavy (non-hydrogen) atoms. The van der Waals surface area contributed by atoms with Crippen LogP contribution in [0.1, 0.15) is 28.8 Å². The zero-order valence-corrected chi connectivity index (χ0v) is 22.7. The molecular weight excluding hydrogens is 562 g/mol. The minimum Gasteiger partial charge on any atom is -0.383 e. The summed E-state index contributed by atoms with van der Waals surface area (Å²) in [5.41, 5.74) is 5.18. The summed E-state index contributed by atoms with van der Waals surface area (Å²) >= 11 is 0. The van der Waals surface area contributed by atoms with E-state index in [1.165, 1.54) is 18.3 Å². The van der Waals surface area contributed by atoms with Crippen molar-refractivity contribution in [3.63, 3.8) is 0 Å². The maximum atomic E-state index is 14.8. The van der Waals surface area contributed by atoms with Crippen molar-refractivity contribution in [1.29, 1.82) is 0 Å². The van der Waals surface area contributed by atoms with Gasteiger partial charge in [0.1, 0.15) is 5.82 Å². The molecule has 0 fully saturated rings. The number of amides is 1. The number of halogens is 6. The van der Waals surface area contributed by atoms with Gasteiger partial charge in [-0.25, -0.2) is 14.4 Å². The average Bonchev–Trinajstić information content (AvgIpc) is 2.92. The normalized spacial score (nSPS) is 12.1. The third kappa shape index (κ3) is 6.90. The number of fused-ring (bicyclic) bond motifs is 1. The maximum Gasteiger partial charge on any atom is 0.458 e. The lowest BCUT2D eigenvalue weighted by Gasteiger charge is -2.22. The fraction of sp³-hybridized carbons (Fsp3) is 0.276. The highest BCUT2D eigenvalue weighted by Crippen LogP contribution is 2.45. The van der Waals surface area contributed by atoms with Crippen molar-refractivity contribution in [3.05, 3.63) is 77.7 Å². The Morgan fingerprint density at radius 3 is 2.36 bits per heavy atom. The number of hydrogen-bond acceptors (Lipinski definition) is 6. The van der Waals surface area contributed by atoms with E-state index in [4.69, 9.17) is 5.73 Å². The molecule has 0 bridgehead atoms. The van der Waals surface area contributed by atoms with E-state index in [1.807, 2.05) is 19.0 Å². The predicted molar refractivity (Wildman–Crippen MR) is 150 cm³/mol. The second kappa shape index (κ2) is 12.2. The average molecular weight is 591 g/mol. The number of unbranched alkanes of at least 4 members (excludes halogenated alkanes) is 1. The lowest BCUT2D eigenvalue weighted by Crippen LogP contribution is -2.33. The zero-order valence-electron chi connectivity index (χ0n) is 22.7. The molecule has 0 atom stereocenters. The van der Waals surface area contributed by atoms with Crippen LogP contribution in [0.4, 0.5) is 43.7 Å². The number of nitrogens with one attached hydrogen (secondary N) is 2. The molecule has 0 aliphatic heterocycles. The molecule has 13 heteroatoms. The number of aromatic nitrogens is 2. The van der Waals surface area contributed by atoms with Crippen LogP contribution in [-0.4, -0.2) is 54.1 Å². The summed E-state index contributed by atoms with van der Waals surface area (Å²) in [6, 6.07) is 11.1. The van der Waals surface area contributed by atoms with Crippen molar-refractivity contribution in [2.75, 3.05) is 43.6 Å². The number of nitrogens with two attached hydrogens (primary N) is 1. The fourth-order valence-corrected chi connectivity index (χ4v) is 4.23. The summed E-state index contributed by atoms with van der Waals surface area (Å²) in [6.45, 7) is 1.14. The molecule has 1 heterocycles. The van der Waals surface area contributed by atoms with Gasteiger partial charge in [-0.1, -0.05) is 18.2 Å². The Morgan fingerprint density at radius 2 is 1.64 bits per heavy atom. The fourth-order valence-electron chi connectivity index (χ4n) is 4.23. The van der Waals surface area contributed by atoms with E-state index >= 15 is 0 Å². The monoisotopic (exact) mass is 590 g/mol. The van der Waals surface area contributed by atoms with Crippen molar-refractivity contribution < 1.29 is 31.1 Å². The van der Waals surface area contributed by atoms with Gasteiger partial charge >= 0.3 is 12.1 Å². The first kappa shape index (κ1) is 30.6. The quantitative estimate of drug-likeness (QED) is 0.141. The number of nitrogens with zero attached hydrogens (tertiary/aromatic N) is 3. The summed E-state index contributed by atoms with van der Waals surface area (Å²) in [5.74, 6) is -7.03. The third-order valence-electron chi connectivity index (χ3n) is 6.48. The molecule has 0 radical (unpaired) electrons. The molecule has 0 aliphatic rings. The molecule has 4 N–H and O–H groups in total. The third-order valence-corrected chi connectivity index (χ3v) is 6.48. The Labute approximate surface area is 237 Å². The molecule has 1 aromatic heterocycles. The lowest BCUT2D eigenvalue weighted by molar-refractivity contribution is -0.289. The molecule has 4 rings (SSSR count). The maximum absolute atomic E-state index is 14.8. The minimum atomic E-state index is -5.85. The van der Waals surface area contributed by atoms with Crippen LogP contribution < -0.4 is 16.4 Å². The van der Waals surface area contributed by atoms with E-state index in [0.717, 1.165) is 25.1 Å². The number of rotatable bonds is 10. The van der Waals surface area contributed by atoms with Gasteiger partial charge in [0.15, 0.2) is 0 Å². The highest BCUT2D eigenvalue weighted by molar-refractivity contribution is 6.07. The molecule has 0 saturated carbocycles. The van der Waals surface area contributed by atoms with Crippen LogP contribution in [0, 0.1) is 5.82 Å². The summed E-state index contributed by atoms with van der Waals surface area (Å²) in [4.78, 5) is 23.2. The predicted octanol–water partition coefficient (Wildman–Crippen LogP) is 6.68. The van der Waals surface area contributed by atoms with Gasteiger partial charge in [-0.05, 0) is 81.0 Å². The summed E-state index contributed by atoms with van der Waals surface area (Å²) in [6.07, 6.45) is -2.90. The highest BCUT2D eigenvalue weighted by Gasteiger charge is 2.58. The molecule has 0 saturated heterocycles. The van der Waals surface area contributed by atoms with Crippen LogP contribution in [0.25, 0.3) is 22.0 Å². The van der Waals surface area contributed by atoms with Crippen LogP contribution >= 0.6 is 0 Å². The topological polar surface area (TPSA) is 96.2 Å². The van der Waals surface area contributed by atoms with Gasteiger partial charge in [-0.15, -0.1) is 0 Å². The first-order valence-corrected chi connectivity index (χ1v) is 12.9.